The maximum absolute atomic E-state index is 11.7. The number of benzene rings is 1. The van der Waals surface area contributed by atoms with Crippen molar-refractivity contribution < 1.29 is 24.2 Å². The Morgan fingerprint density at radius 2 is 2.00 bits per heavy atom. The lowest BCUT2D eigenvalue weighted by Crippen LogP contribution is -2.44. The van der Waals surface area contributed by atoms with Crippen LogP contribution in [0, 0.1) is 0 Å². The van der Waals surface area contributed by atoms with E-state index in [0.29, 0.717) is 6.61 Å². The fourth-order valence-corrected chi connectivity index (χ4v) is 2.21. The molecule has 21 heavy (non-hydrogen) atoms. The van der Waals surface area contributed by atoms with Crippen molar-refractivity contribution in [1.82, 2.24) is 5.32 Å². The predicted octanol–water partition coefficient (Wildman–Crippen LogP) is 0.827. The second-order valence-corrected chi connectivity index (χ2v) is 5.07. The molecule has 0 aromatic heterocycles. The molecule has 1 aromatic rings. The topological polar surface area (TPSA) is 84.9 Å². The molecule has 7 heteroatoms. The highest BCUT2D eigenvalue weighted by Crippen LogP contribution is 2.21. The van der Waals surface area contributed by atoms with Crippen molar-refractivity contribution in [2.24, 2.45) is 0 Å². The monoisotopic (exact) mass is 313 g/mol. The Morgan fingerprint density at radius 1 is 1.33 bits per heavy atom. The third-order valence-electron chi connectivity index (χ3n) is 2.51. The molecule has 0 unspecified atom stereocenters. The fraction of sp³-hybridized carbons (Fsp3) is 0.429. The average molecular weight is 313 g/mol. The molecule has 1 rings (SSSR count). The molecule has 1 atom stereocenters. The molecule has 0 saturated carbocycles. The molecule has 1 aromatic carbocycles. The number of methoxy groups -OCH3 is 1. The van der Waals surface area contributed by atoms with Gasteiger partial charge in [0, 0.05) is 4.90 Å². The van der Waals surface area contributed by atoms with Crippen molar-refractivity contribution in [3.63, 3.8) is 0 Å². The molecule has 6 nitrogen and oxygen atoms in total. The zero-order valence-electron chi connectivity index (χ0n) is 12.0. The van der Waals surface area contributed by atoms with E-state index in [-0.39, 0.29) is 11.7 Å². The van der Waals surface area contributed by atoms with Gasteiger partial charge in [-0.3, -0.25) is 4.79 Å². The zero-order valence-corrected chi connectivity index (χ0v) is 12.8. The standard InChI is InChI=1S/C14H19NO5S/c1-3-20-10-4-6-11(7-5-10)21-9-13(17)15-12(8-16)14(18)19-2/h4-7,12,16H,3,8-9H2,1-2H3,(H,15,17)/t12-/m1/s1. The highest BCUT2D eigenvalue weighted by atomic mass is 32.2. The summed E-state index contributed by atoms with van der Waals surface area (Å²) in [6, 6.07) is 6.34. The molecule has 0 fully saturated rings. The van der Waals surface area contributed by atoms with E-state index >= 15 is 0 Å². The minimum atomic E-state index is -1.02. The molecule has 2 N–H and O–H groups in total. The van der Waals surface area contributed by atoms with Crippen molar-refractivity contribution in [3.05, 3.63) is 24.3 Å². The molecule has 1 amide bonds. The molecule has 0 aliphatic heterocycles. The highest BCUT2D eigenvalue weighted by molar-refractivity contribution is 8.00. The van der Waals surface area contributed by atoms with Gasteiger partial charge in [-0.05, 0) is 31.2 Å². The number of hydrogen-bond acceptors (Lipinski definition) is 6. The second-order valence-electron chi connectivity index (χ2n) is 4.02. The third kappa shape index (κ3) is 6.05. The SMILES string of the molecule is CCOc1ccc(SCC(=O)N[C@H](CO)C(=O)OC)cc1. The van der Waals surface area contributed by atoms with Crippen LogP contribution in [0.25, 0.3) is 0 Å². The largest absolute Gasteiger partial charge is 0.494 e. The smallest absolute Gasteiger partial charge is 0.330 e. The molecule has 116 valence electrons. The Labute approximate surface area is 127 Å². The van der Waals surface area contributed by atoms with Crippen LogP contribution in [0.15, 0.2) is 29.2 Å². The number of rotatable bonds is 8. The van der Waals surface area contributed by atoms with Crippen molar-refractivity contribution >= 4 is 23.6 Å². The van der Waals surface area contributed by atoms with Crippen LogP contribution in [-0.2, 0) is 14.3 Å². The number of carbonyl (C=O) groups excluding carboxylic acids is 2. The van der Waals surface area contributed by atoms with Crippen LogP contribution in [0.2, 0.25) is 0 Å². The van der Waals surface area contributed by atoms with E-state index in [1.165, 1.54) is 18.9 Å². The van der Waals surface area contributed by atoms with Gasteiger partial charge in [-0.15, -0.1) is 11.8 Å². The first kappa shape index (κ1) is 17.3. The summed E-state index contributed by atoms with van der Waals surface area (Å²) in [4.78, 5) is 23.8. The van der Waals surface area contributed by atoms with Gasteiger partial charge in [-0.2, -0.15) is 0 Å². The molecule has 0 radical (unpaired) electrons. The van der Waals surface area contributed by atoms with E-state index in [0.717, 1.165) is 10.6 Å². The van der Waals surface area contributed by atoms with Crippen LogP contribution >= 0.6 is 11.8 Å². The van der Waals surface area contributed by atoms with Crippen molar-refractivity contribution in [3.8, 4) is 5.75 Å². The average Bonchev–Trinajstić information content (AvgIpc) is 2.51. The number of thioether (sulfide) groups is 1. The maximum atomic E-state index is 11.7. The van der Waals surface area contributed by atoms with E-state index in [1.807, 2.05) is 31.2 Å². The number of ether oxygens (including phenoxy) is 2. The third-order valence-corrected chi connectivity index (χ3v) is 3.52. The van der Waals surface area contributed by atoms with Crippen LogP contribution in [0.5, 0.6) is 5.75 Å². The summed E-state index contributed by atoms with van der Waals surface area (Å²) >= 11 is 1.33. The van der Waals surface area contributed by atoms with Crippen LogP contribution in [0.3, 0.4) is 0 Å². The number of hydrogen-bond donors (Lipinski definition) is 2. The lowest BCUT2D eigenvalue weighted by molar-refractivity contribution is -0.145. The number of carbonyl (C=O) groups is 2. The molecule has 0 aliphatic rings. The predicted molar refractivity (Wildman–Crippen MR) is 79.4 cm³/mol. The van der Waals surface area contributed by atoms with Gasteiger partial charge >= 0.3 is 5.97 Å². The van der Waals surface area contributed by atoms with Gasteiger partial charge in [0.2, 0.25) is 5.91 Å². The quantitative estimate of drug-likeness (QED) is 0.546. The molecule has 0 aliphatic carbocycles. The summed E-state index contributed by atoms with van der Waals surface area (Å²) in [5.41, 5.74) is 0. The Hall–Kier alpha value is -1.73. The molecule has 0 saturated heterocycles. The lowest BCUT2D eigenvalue weighted by Gasteiger charge is -2.13. The van der Waals surface area contributed by atoms with E-state index < -0.39 is 18.6 Å². The Bertz CT molecular complexity index is 463. The van der Waals surface area contributed by atoms with Crippen molar-refractivity contribution in [2.75, 3.05) is 26.1 Å². The molecule has 0 bridgehead atoms. The van der Waals surface area contributed by atoms with Gasteiger partial charge in [-0.25, -0.2) is 4.79 Å². The zero-order chi connectivity index (χ0) is 15.7. The summed E-state index contributed by atoms with van der Waals surface area (Å²) in [5.74, 6) is -0.103. The Balaban J connectivity index is 2.43. The number of nitrogens with one attached hydrogen (secondary N) is 1. The number of aliphatic hydroxyl groups excluding tert-OH is 1. The second kappa shape index (κ2) is 9.25. The highest BCUT2D eigenvalue weighted by Gasteiger charge is 2.20. The minimum Gasteiger partial charge on any atom is -0.494 e. The lowest BCUT2D eigenvalue weighted by atomic mass is 10.3. The summed E-state index contributed by atoms with van der Waals surface area (Å²) in [6.07, 6.45) is 0. The van der Waals surface area contributed by atoms with Gasteiger partial charge in [-0.1, -0.05) is 0 Å². The van der Waals surface area contributed by atoms with Gasteiger partial charge in [0.05, 0.1) is 26.1 Å². The van der Waals surface area contributed by atoms with E-state index in [1.54, 1.807) is 0 Å². The van der Waals surface area contributed by atoms with E-state index in [2.05, 4.69) is 10.1 Å². The summed E-state index contributed by atoms with van der Waals surface area (Å²) in [7, 11) is 1.20. The molecular formula is C14H19NO5S. The Kier molecular flexibility index (Phi) is 7.63. The van der Waals surface area contributed by atoms with Crippen molar-refractivity contribution in [1.29, 1.82) is 0 Å². The number of esters is 1. The molecule has 0 spiro atoms. The van der Waals surface area contributed by atoms with Gasteiger partial charge in [0.15, 0.2) is 6.04 Å². The number of amides is 1. The summed E-state index contributed by atoms with van der Waals surface area (Å²) < 4.78 is 9.79. The van der Waals surface area contributed by atoms with Crippen LogP contribution in [0.4, 0.5) is 0 Å². The van der Waals surface area contributed by atoms with Crippen molar-refractivity contribution in [2.45, 2.75) is 17.9 Å². The van der Waals surface area contributed by atoms with Crippen LogP contribution in [0.1, 0.15) is 6.92 Å². The molecule has 0 heterocycles. The maximum Gasteiger partial charge on any atom is 0.330 e. The summed E-state index contributed by atoms with van der Waals surface area (Å²) in [5, 5.41) is 11.4. The van der Waals surface area contributed by atoms with Crippen LogP contribution < -0.4 is 10.1 Å². The number of aliphatic hydroxyl groups is 1. The van der Waals surface area contributed by atoms with Gasteiger partial charge in [0.1, 0.15) is 5.75 Å². The van der Waals surface area contributed by atoms with Crippen LogP contribution in [-0.4, -0.2) is 49.1 Å². The Morgan fingerprint density at radius 3 is 2.52 bits per heavy atom. The van der Waals surface area contributed by atoms with E-state index in [4.69, 9.17) is 9.84 Å². The first-order chi connectivity index (χ1) is 10.1. The fourth-order valence-electron chi connectivity index (χ4n) is 1.51. The van der Waals surface area contributed by atoms with Gasteiger partial charge in [0.25, 0.3) is 0 Å². The summed E-state index contributed by atoms with van der Waals surface area (Å²) in [6.45, 7) is 2.02. The molecular weight excluding hydrogens is 294 g/mol. The minimum absolute atomic E-state index is 0.140. The first-order valence-corrected chi connectivity index (χ1v) is 7.43. The first-order valence-electron chi connectivity index (χ1n) is 6.44. The normalized spacial score (nSPS) is 11.6. The van der Waals surface area contributed by atoms with Gasteiger partial charge < -0.3 is 19.9 Å². The van der Waals surface area contributed by atoms with E-state index in [9.17, 15) is 9.59 Å².